The molecule has 5 aliphatic carbocycles. The number of aliphatic hydroxyl groups is 2. The standard InChI is InChI=1S/C33H52N2O5/c1-20(5-8-28(38)34-19-21-9-13-31(2,14-10-21)30(39)35-40)24-6-7-25-29-26(12-16-33(24,25)4)32(3)15-11-23(36)17-22(32)18-27(29)37/h9-10,13,20,22-27,29,36-37,40H,5-8,11-12,14-19H2,1-4H3,(H,34,38)(H,35,39)/t20-,22?,23-,24-,25?,26+,27+,29+,31?,32+,33-/m1/s1. The summed E-state index contributed by atoms with van der Waals surface area (Å²) in [5.41, 5.74) is 2.41. The fourth-order valence-corrected chi connectivity index (χ4v) is 10.2. The van der Waals surface area contributed by atoms with Crippen molar-refractivity contribution in [3.8, 4) is 0 Å². The Bertz CT molecular complexity index is 1040. The highest BCUT2D eigenvalue weighted by molar-refractivity contribution is 5.84. The van der Waals surface area contributed by atoms with E-state index in [-0.39, 0.29) is 28.9 Å². The lowest BCUT2D eigenvalue weighted by molar-refractivity contribution is -0.174. The largest absolute Gasteiger partial charge is 0.393 e. The van der Waals surface area contributed by atoms with E-state index in [2.05, 4.69) is 26.1 Å². The van der Waals surface area contributed by atoms with Crippen molar-refractivity contribution in [3.63, 3.8) is 0 Å². The molecule has 0 spiro atoms. The van der Waals surface area contributed by atoms with Gasteiger partial charge in [0.1, 0.15) is 0 Å². The Morgan fingerprint density at radius 1 is 1.02 bits per heavy atom. The lowest BCUT2D eigenvalue weighted by Gasteiger charge is -2.62. The first-order valence-electron chi connectivity index (χ1n) is 15.9. The molecule has 2 amide bonds. The summed E-state index contributed by atoms with van der Waals surface area (Å²) in [7, 11) is 0. The van der Waals surface area contributed by atoms with Gasteiger partial charge in [0.05, 0.1) is 17.6 Å². The lowest BCUT2D eigenvalue weighted by atomic mass is 9.43. The van der Waals surface area contributed by atoms with Crippen molar-refractivity contribution in [2.75, 3.05) is 6.54 Å². The van der Waals surface area contributed by atoms with Crippen LogP contribution in [0.4, 0.5) is 0 Å². The summed E-state index contributed by atoms with van der Waals surface area (Å²) < 4.78 is 0. The maximum atomic E-state index is 12.8. The fourth-order valence-electron chi connectivity index (χ4n) is 10.2. The highest BCUT2D eigenvalue weighted by Crippen LogP contribution is 2.68. The van der Waals surface area contributed by atoms with Crippen LogP contribution in [-0.4, -0.2) is 46.0 Å². The van der Waals surface area contributed by atoms with Crippen LogP contribution in [0.5, 0.6) is 0 Å². The third-order valence-corrected chi connectivity index (χ3v) is 12.8. The predicted molar refractivity (Wildman–Crippen MR) is 154 cm³/mol. The Balaban J connectivity index is 1.14. The second-order valence-corrected chi connectivity index (χ2v) is 14.9. The van der Waals surface area contributed by atoms with Crippen LogP contribution in [0.3, 0.4) is 0 Å². The second kappa shape index (κ2) is 11.2. The van der Waals surface area contributed by atoms with Gasteiger partial charge in [-0.05, 0) is 123 Å². The van der Waals surface area contributed by atoms with Crippen molar-refractivity contribution in [1.29, 1.82) is 0 Å². The maximum absolute atomic E-state index is 12.8. The molecule has 0 heterocycles. The number of amides is 2. The highest BCUT2D eigenvalue weighted by atomic mass is 16.5. The Kier molecular flexibility index (Phi) is 8.32. The van der Waals surface area contributed by atoms with Gasteiger partial charge >= 0.3 is 0 Å². The van der Waals surface area contributed by atoms with Gasteiger partial charge in [0, 0.05) is 13.0 Å². The van der Waals surface area contributed by atoms with Gasteiger partial charge in [-0.3, -0.25) is 14.8 Å². The molecule has 0 aromatic heterocycles. The molecular weight excluding hydrogens is 504 g/mol. The number of hydroxylamine groups is 1. The van der Waals surface area contributed by atoms with Crippen LogP contribution in [0.2, 0.25) is 0 Å². The van der Waals surface area contributed by atoms with Gasteiger partial charge in [-0.1, -0.05) is 39.0 Å². The summed E-state index contributed by atoms with van der Waals surface area (Å²) >= 11 is 0. The van der Waals surface area contributed by atoms with E-state index in [0.717, 1.165) is 37.7 Å². The fraction of sp³-hybridized carbons (Fsp3) is 0.818. The molecule has 7 nitrogen and oxygen atoms in total. The number of hydrogen-bond acceptors (Lipinski definition) is 5. The minimum atomic E-state index is -0.766. The molecule has 7 heteroatoms. The molecule has 0 aliphatic heterocycles. The van der Waals surface area contributed by atoms with E-state index < -0.39 is 11.3 Å². The number of allylic oxidation sites excluding steroid dienone is 1. The average Bonchev–Trinajstić information content (AvgIpc) is 3.29. The van der Waals surface area contributed by atoms with Crippen LogP contribution in [-0.2, 0) is 9.59 Å². The Labute approximate surface area is 240 Å². The number of rotatable bonds is 7. The molecule has 4 saturated carbocycles. The molecule has 11 atom stereocenters. The van der Waals surface area contributed by atoms with Crippen molar-refractivity contribution in [2.45, 2.75) is 111 Å². The van der Waals surface area contributed by atoms with Gasteiger partial charge in [0.2, 0.25) is 5.91 Å². The summed E-state index contributed by atoms with van der Waals surface area (Å²) in [6.45, 7) is 9.50. The summed E-state index contributed by atoms with van der Waals surface area (Å²) in [5, 5.41) is 33.8. The SMILES string of the molecule is C[C@H](CCC(=O)NCC1=CCC(C)(C(=O)NO)C=C1)[C@H]1CCC2[C@@H]3[C@@H](O)CC4C[C@H](O)CC[C@]4(C)[C@H]3CC[C@@]21C. The van der Waals surface area contributed by atoms with Crippen LogP contribution >= 0.6 is 0 Å². The monoisotopic (exact) mass is 556 g/mol. The summed E-state index contributed by atoms with van der Waals surface area (Å²) in [4.78, 5) is 24.6. The van der Waals surface area contributed by atoms with Gasteiger partial charge in [-0.25, -0.2) is 5.48 Å². The van der Waals surface area contributed by atoms with E-state index in [4.69, 9.17) is 5.21 Å². The van der Waals surface area contributed by atoms with Crippen molar-refractivity contribution >= 4 is 11.8 Å². The molecule has 3 unspecified atom stereocenters. The summed E-state index contributed by atoms with van der Waals surface area (Å²) in [6, 6.07) is 0. The maximum Gasteiger partial charge on any atom is 0.253 e. The van der Waals surface area contributed by atoms with Gasteiger partial charge in [-0.15, -0.1) is 0 Å². The van der Waals surface area contributed by atoms with Crippen LogP contribution in [0.25, 0.3) is 0 Å². The smallest absolute Gasteiger partial charge is 0.253 e. The molecule has 224 valence electrons. The van der Waals surface area contributed by atoms with Crippen molar-refractivity contribution in [3.05, 3.63) is 23.8 Å². The number of fused-ring (bicyclic) bond motifs is 5. The Morgan fingerprint density at radius 2 is 1.75 bits per heavy atom. The minimum Gasteiger partial charge on any atom is -0.393 e. The van der Waals surface area contributed by atoms with Crippen LogP contribution in [0.15, 0.2) is 23.8 Å². The van der Waals surface area contributed by atoms with Gasteiger partial charge in [0.25, 0.3) is 5.91 Å². The van der Waals surface area contributed by atoms with Crippen LogP contribution in [0, 0.1) is 51.8 Å². The summed E-state index contributed by atoms with van der Waals surface area (Å²) in [6.07, 6.45) is 15.5. The van der Waals surface area contributed by atoms with Crippen molar-refractivity contribution in [1.82, 2.24) is 10.8 Å². The highest BCUT2D eigenvalue weighted by Gasteiger charge is 2.62. The molecule has 5 aliphatic rings. The first-order valence-corrected chi connectivity index (χ1v) is 15.9. The third-order valence-electron chi connectivity index (χ3n) is 12.8. The van der Waals surface area contributed by atoms with Gasteiger partial charge in [0.15, 0.2) is 0 Å². The lowest BCUT2D eigenvalue weighted by Crippen LogP contribution is -2.58. The number of carbonyl (C=O) groups is 2. The molecule has 0 bridgehead atoms. The molecule has 5 rings (SSSR count). The average molecular weight is 557 g/mol. The molecule has 0 radical (unpaired) electrons. The number of nitrogens with one attached hydrogen (secondary N) is 2. The predicted octanol–water partition coefficient (Wildman–Crippen LogP) is 4.91. The Hall–Kier alpha value is -1.70. The van der Waals surface area contributed by atoms with E-state index in [9.17, 15) is 19.8 Å². The molecule has 4 fully saturated rings. The minimum absolute atomic E-state index is 0.0622. The van der Waals surface area contributed by atoms with E-state index in [1.54, 1.807) is 18.5 Å². The van der Waals surface area contributed by atoms with Gasteiger partial charge in [-0.2, -0.15) is 0 Å². The first-order chi connectivity index (χ1) is 18.9. The zero-order chi connectivity index (χ0) is 28.9. The molecule has 0 aromatic rings. The van der Waals surface area contributed by atoms with Crippen LogP contribution < -0.4 is 10.8 Å². The normalized spacial score (nSPS) is 45.0. The molecular formula is C33H52N2O5. The quantitative estimate of drug-likeness (QED) is 0.226. The van der Waals surface area contributed by atoms with Crippen molar-refractivity contribution < 1.29 is 25.0 Å². The van der Waals surface area contributed by atoms with Crippen molar-refractivity contribution in [2.24, 2.45) is 51.8 Å². The van der Waals surface area contributed by atoms with E-state index >= 15 is 0 Å². The third kappa shape index (κ3) is 5.20. The van der Waals surface area contributed by atoms with E-state index in [1.807, 2.05) is 12.2 Å². The van der Waals surface area contributed by atoms with Gasteiger partial charge < -0.3 is 15.5 Å². The zero-order valence-electron chi connectivity index (χ0n) is 25.0. The van der Waals surface area contributed by atoms with Crippen LogP contribution in [0.1, 0.15) is 98.3 Å². The van der Waals surface area contributed by atoms with E-state index in [1.165, 1.54) is 25.7 Å². The molecule has 5 N–H and O–H groups in total. The molecule has 0 aromatic carbocycles. The second-order valence-electron chi connectivity index (χ2n) is 14.9. The topological polar surface area (TPSA) is 119 Å². The molecule has 40 heavy (non-hydrogen) atoms. The van der Waals surface area contributed by atoms with E-state index in [0.29, 0.717) is 54.9 Å². The summed E-state index contributed by atoms with van der Waals surface area (Å²) in [5.74, 6) is 2.59. The molecule has 0 saturated heterocycles. The number of carbonyl (C=O) groups excluding carboxylic acids is 2. The number of hydrogen-bond donors (Lipinski definition) is 5. The first kappa shape index (κ1) is 29.8. The Morgan fingerprint density at radius 3 is 2.45 bits per heavy atom. The zero-order valence-corrected chi connectivity index (χ0v) is 25.0. The number of aliphatic hydroxyl groups excluding tert-OH is 2.